The number of thiophene rings is 1. The molecule has 0 saturated carbocycles. The maximum Gasteiger partial charge on any atom is 0.101 e. The Bertz CT molecular complexity index is 512. The van der Waals surface area contributed by atoms with Crippen LogP contribution in [-0.2, 0) is 0 Å². The molecule has 1 nitrogen and oxygen atoms in total. The fourth-order valence-electron chi connectivity index (χ4n) is 1.16. The number of fused-ring (bicyclic) bond motifs is 1. The Morgan fingerprint density at radius 3 is 2.92 bits per heavy atom. The highest BCUT2D eigenvalue weighted by atomic mass is 79.9. The van der Waals surface area contributed by atoms with Crippen molar-refractivity contribution in [1.29, 1.82) is 5.26 Å². The second-order valence-corrected chi connectivity index (χ2v) is 4.64. The van der Waals surface area contributed by atoms with Gasteiger partial charge in [0.2, 0.25) is 0 Å². The van der Waals surface area contributed by atoms with Crippen LogP contribution >= 0.6 is 38.9 Å². The van der Waals surface area contributed by atoms with Gasteiger partial charge in [0, 0.05) is 15.2 Å². The first kappa shape index (κ1) is 9.01. The van der Waals surface area contributed by atoms with Crippen LogP contribution in [0.2, 0.25) is 5.02 Å². The molecule has 0 radical (unpaired) electrons. The van der Waals surface area contributed by atoms with Gasteiger partial charge in [0.1, 0.15) is 6.07 Å². The molecule has 13 heavy (non-hydrogen) atoms. The molecule has 0 fully saturated rings. The zero-order valence-electron chi connectivity index (χ0n) is 6.34. The molecule has 4 heteroatoms. The van der Waals surface area contributed by atoms with Crippen LogP contribution in [-0.4, -0.2) is 0 Å². The number of nitrogens with zero attached hydrogens (tertiary/aromatic N) is 1. The number of nitriles is 1. The van der Waals surface area contributed by atoms with Crippen LogP contribution < -0.4 is 0 Å². The van der Waals surface area contributed by atoms with Crippen LogP contribution in [0.4, 0.5) is 0 Å². The van der Waals surface area contributed by atoms with E-state index in [1.807, 2.05) is 17.5 Å². The van der Waals surface area contributed by atoms with E-state index in [1.165, 1.54) is 11.3 Å². The minimum atomic E-state index is 0.675. The molecular formula is C9H3BrClNS. The van der Waals surface area contributed by atoms with Gasteiger partial charge in [0.25, 0.3) is 0 Å². The van der Waals surface area contributed by atoms with Crippen LogP contribution in [0, 0.1) is 11.3 Å². The Morgan fingerprint density at radius 2 is 2.23 bits per heavy atom. The molecule has 64 valence electrons. The van der Waals surface area contributed by atoms with Gasteiger partial charge in [-0.15, -0.1) is 11.3 Å². The summed E-state index contributed by atoms with van der Waals surface area (Å²) < 4.78 is 1.89. The highest BCUT2D eigenvalue weighted by Crippen LogP contribution is 2.36. The zero-order chi connectivity index (χ0) is 9.42. The standard InChI is InChI=1S/C9H3BrClNS/c10-6-1-2-7(11)9-8(6)5(3-12)4-13-9/h1-2,4H. The van der Waals surface area contributed by atoms with Gasteiger partial charge in [-0.2, -0.15) is 5.26 Å². The number of hydrogen-bond donors (Lipinski definition) is 0. The molecule has 0 unspecified atom stereocenters. The summed E-state index contributed by atoms with van der Waals surface area (Å²) in [6.45, 7) is 0. The molecule has 2 aromatic rings. The summed E-state index contributed by atoms with van der Waals surface area (Å²) >= 11 is 10.9. The molecular weight excluding hydrogens is 270 g/mol. The van der Waals surface area contributed by atoms with Crippen LogP contribution in [0.1, 0.15) is 5.56 Å². The lowest BCUT2D eigenvalue weighted by atomic mass is 10.2. The second-order valence-electron chi connectivity index (χ2n) is 2.49. The largest absolute Gasteiger partial charge is 0.192 e. The molecule has 0 amide bonds. The second kappa shape index (κ2) is 3.30. The van der Waals surface area contributed by atoms with Crippen LogP contribution in [0.25, 0.3) is 10.1 Å². The molecule has 1 aromatic carbocycles. The molecule has 0 N–H and O–H groups in total. The number of benzene rings is 1. The lowest BCUT2D eigenvalue weighted by Gasteiger charge is -1.96. The van der Waals surface area contributed by atoms with Crippen molar-refractivity contribution in [3.05, 3.63) is 32.6 Å². The van der Waals surface area contributed by atoms with E-state index in [2.05, 4.69) is 22.0 Å². The molecule has 0 aliphatic heterocycles. The van der Waals surface area contributed by atoms with Gasteiger partial charge < -0.3 is 0 Å². The van der Waals surface area contributed by atoms with Crippen LogP contribution in [0.3, 0.4) is 0 Å². The minimum Gasteiger partial charge on any atom is -0.192 e. The summed E-state index contributed by atoms with van der Waals surface area (Å²) in [4.78, 5) is 0. The van der Waals surface area contributed by atoms with E-state index >= 15 is 0 Å². The predicted octanol–water partition coefficient (Wildman–Crippen LogP) is 4.19. The van der Waals surface area contributed by atoms with E-state index in [-0.39, 0.29) is 0 Å². The van der Waals surface area contributed by atoms with Crippen molar-refractivity contribution in [2.24, 2.45) is 0 Å². The highest BCUT2D eigenvalue weighted by molar-refractivity contribution is 9.10. The molecule has 1 heterocycles. The van der Waals surface area contributed by atoms with Crippen molar-refractivity contribution in [3.8, 4) is 6.07 Å². The normalized spacial score (nSPS) is 10.2. The molecule has 0 bridgehead atoms. The van der Waals surface area contributed by atoms with E-state index in [0.29, 0.717) is 10.6 Å². The topological polar surface area (TPSA) is 23.8 Å². The quantitative estimate of drug-likeness (QED) is 0.705. The first-order valence-electron chi connectivity index (χ1n) is 3.49. The fourth-order valence-corrected chi connectivity index (χ4v) is 3.05. The molecule has 0 aliphatic rings. The van der Waals surface area contributed by atoms with E-state index in [4.69, 9.17) is 16.9 Å². The maximum absolute atomic E-state index is 8.83. The SMILES string of the molecule is N#Cc1csc2c(Cl)ccc(Br)c12. The average molecular weight is 273 g/mol. The van der Waals surface area contributed by atoms with Gasteiger partial charge in [-0.25, -0.2) is 0 Å². The van der Waals surface area contributed by atoms with Crippen LogP contribution in [0.15, 0.2) is 22.0 Å². The third-order valence-corrected chi connectivity index (χ3v) is 3.84. The average Bonchev–Trinajstić information content (AvgIpc) is 2.56. The maximum atomic E-state index is 8.83. The number of hydrogen-bond acceptors (Lipinski definition) is 2. The third-order valence-electron chi connectivity index (χ3n) is 1.74. The summed E-state index contributed by atoms with van der Waals surface area (Å²) in [5, 5.41) is 12.3. The molecule has 0 saturated heterocycles. The summed E-state index contributed by atoms with van der Waals surface area (Å²) in [5.74, 6) is 0. The monoisotopic (exact) mass is 271 g/mol. The van der Waals surface area contributed by atoms with Crippen molar-refractivity contribution in [1.82, 2.24) is 0 Å². The molecule has 0 atom stereocenters. The van der Waals surface area contributed by atoms with Crippen molar-refractivity contribution in [2.75, 3.05) is 0 Å². The molecule has 0 aliphatic carbocycles. The van der Waals surface area contributed by atoms with Gasteiger partial charge in [-0.1, -0.05) is 27.5 Å². The smallest absolute Gasteiger partial charge is 0.101 e. The Hall–Kier alpha value is -0.560. The van der Waals surface area contributed by atoms with Crippen LogP contribution in [0.5, 0.6) is 0 Å². The molecule has 2 rings (SSSR count). The van der Waals surface area contributed by atoms with Gasteiger partial charge in [-0.05, 0) is 12.1 Å². The van der Waals surface area contributed by atoms with Crippen molar-refractivity contribution in [3.63, 3.8) is 0 Å². The van der Waals surface area contributed by atoms with Crippen molar-refractivity contribution < 1.29 is 0 Å². The van der Waals surface area contributed by atoms with Crippen molar-refractivity contribution in [2.45, 2.75) is 0 Å². The first-order chi connectivity index (χ1) is 6.24. The van der Waals surface area contributed by atoms with E-state index in [1.54, 1.807) is 0 Å². The van der Waals surface area contributed by atoms with Crippen molar-refractivity contribution >= 4 is 49.0 Å². The molecule has 1 aromatic heterocycles. The summed E-state index contributed by atoms with van der Waals surface area (Å²) in [6.07, 6.45) is 0. The minimum absolute atomic E-state index is 0.675. The Balaban J connectivity index is 2.98. The van der Waals surface area contributed by atoms with E-state index in [0.717, 1.165) is 14.6 Å². The number of rotatable bonds is 0. The number of halogens is 2. The lowest BCUT2D eigenvalue weighted by Crippen LogP contribution is -1.73. The third kappa shape index (κ3) is 1.35. The molecule has 0 spiro atoms. The summed E-state index contributed by atoms with van der Waals surface area (Å²) in [6, 6.07) is 5.82. The van der Waals surface area contributed by atoms with Gasteiger partial charge >= 0.3 is 0 Å². The van der Waals surface area contributed by atoms with Gasteiger partial charge in [-0.3, -0.25) is 0 Å². The highest BCUT2D eigenvalue weighted by Gasteiger charge is 2.09. The summed E-state index contributed by atoms with van der Waals surface area (Å²) in [5.41, 5.74) is 0.675. The first-order valence-corrected chi connectivity index (χ1v) is 5.54. The Morgan fingerprint density at radius 1 is 1.46 bits per heavy atom. The van der Waals surface area contributed by atoms with Gasteiger partial charge in [0.15, 0.2) is 0 Å². The fraction of sp³-hybridized carbons (Fsp3) is 0. The Labute approximate surface area is 92.7 Å². The van der Waals surface area contributed by atoms with E-state index < -0.39 is 0 Å². The predicted molar refractivity (Wildman–Crippen MR) is 59.3 cm³/mol. The lowest BCUT2D eigenvalue weighted by molar-refractivity contribution is 1.51. The zero-order valence-corrected chi connectivity index (χ0v) is 9.50. The van der Waals surface area contributed by atoms with Gasteiger partial charge in [0.05, 0.1) is 15.3 Å². The summed E-state index contributed by atoms with van der Waals surface area (Å²) in [7, 11) is 0. The van der Waals surface area contributed by atoms with E-state index in [9.17, 15) is 0 Å². The Kier molecular flexibility index (Phi) is 2.29.